The third-order valence-electron chi connectivity index (χ3n) is 2.75. The molecule has 0 radical (unpaired) electrons. The summed E-state index contributed by atoms with van der Waals surface area (Å²) in [5.74, 6) is 0. The monoisotopic (exact) mass is 282 g/mol. The van der Waals surface area contributed by atoms with Crippen LogP contribution in [0.15, 0.2) is 32.3 Å². The third-order valence-corrected chi connectivity index (χ3v) is 4.69. The van der Waals surface area contributed by atoms with Crippen molar-refractivity contribution in [1.29, 1.82) is 0 Å². The lowest BCUT2D eigenvalue weighted by Crippen LogP contribution is -2.05. The van der Waals surface area contributed by atoms with Crippen LogP contribution in [0.5, 0.6) is 0 Å². The van der Waals surface area contributed by atoms with E-state index in [1.807, 2.05) is 0 Å². The average molecular weight is 284 g/mol. The topological polar surface area (TPSA) is 0 Å². The lowest BCUT2D eigenvalue weighted by molar-refractivity contribution is 0.704. The van der Waals surface area contributed by atoms with Gasteiger partial charge in [0.2, 0.25) is 0 Å². The van der Waals surface area contributed by atoms with Crippen molar-refractivity contribution in [1.82, 2.24) is 0 Å². The summed E-state index contributed by atoms with van der Waals surface area (Å²) in [7, 11) is 0. The first kappa shape index (κ1) is 11.9. The van der Waals surface area contributed by atoms with Gasteiger partial charge in [-0.1, -0.05) is 40.9 Å². The van der Waals surface area contributed by atoms with Crippen molar-refractivity contribution in [3.8, 4) is 0 Å². The zero-order chi connectivity index (χ0) is 11.0. The highest BCUT2D eigenvalue weighted by molar-refractivity contribution is 6.52. The number of rotatable bonds is 1. The molecular weight excluding hydrogens is 274 g/mol. The first-order chi connectivity index (χ1) is 7.13. The number of halogens is 4. The van der Waals surface area contributed by atoms with Crippen molar-refractivity contribution in [2.24, 2.45) is 0 Å². The van der Waals surface area contributed by atoms with E-state index in [9.17, 15) is 0 Å². The molecule has 0 bridgehead atoms. The molecule has 0 N–H and O–H groups in total. The summed E-state index contributed by atoms with van der Waals surface area (Å²) in [6, 6.07) is 0. The highest BCUT2D eigenvalue weighted by atomic mass is 35.5. The summed E-state index contributed by atoms with van der Waals surface area (Å²) < 4.78 is 0. The lowest BCUT2D eigenvalue weighted by atomic mass is 9.93. The van der Waals surface area contributed by atoms with Gasteiger partial charge in [-0.05, 0) is 36.8 Å². The molecule has 0 nitrogen and oxygen atoms in total. The Morgan fingerprint density at radius 3 is 2.27 bits per heavy atom. The van der Waals surface area contributed by atoms with E-state index in [0.29, 0.717) is 15.1 Å². The Balaban J connectivity index is 2.35. The van der Waals surface area contributed by atoms with Crippen LogP contribution in [-0.2, 0) is 0 Å². The maximum absolute atomic E-state index is 6.19. The van der Waals surface area contributed by atoms with E-state index >= 15 is 0 Å². The molecule has 0 fully saturated rings. The van der Waals surface area contributed by atoms with Crippen LogP contribution in [0.1, 0.15) is 25.7 Å². The van der Waals surface area contributed by atoms with Gasteiger partial charge in [0, 0.05) is 0 Å². The molecule has 0 aromatic heterocycles. The van der Waals surface area contributed by atoms with Crippen LogP contribution >= 0.6 is 46.4 Å². The summed E-state index contributed by atoms with van der Waals surface area (Å²) >= 11 is 24.3. The van der Waals surface area contributed by atoms with Gasteiger partial charge in [-0.2, -0.15) is 0 Å². The van der Waals surface area contributed by atoms with Crippen LogP contribution in [0, 0.1) is 0 Å². The van der Waals surface area contributed by atoms with Gasteiger partial charge in [0.15, 0.2) is 0 Å². The lowest BCUT2D eigenvalue weighted by Gasteiger charge is -2.17. The number of alkyl halides is 1. The van der Waals surface area contributed by atoms with E-state index in [1.54, 1.807) is 0 Å². The first-order valence-corrected chi connectivity index (χ1v) is 6.48. The first-order valence-electron chi connectivity index (χ1n) is 4.91. The molecule has 0 aromatic rings. The van der Waals surface area contributed by atoms with Crippen molar-refractivity contribution < 1.29 is 0 Å². The summed E-state index contributed by atoms with van der Waals surface area (Å²) in [6.07, 6.45) is 6.70. The summed E-state index contributed by atoms with van der Waals surface area (Å²) in [5, 5.41) is 1.01. The fourth-order valence-electron chi connectivity index (χ4n) is 1.96. The molecule has 82 valence electrons. The second kappa shape index (κ2) is 4.71. The minimum Gasteiger partial charge on any atom is -0.111 e. The SMILES string of the molecule is ClC1=C(Cl)C(Cl)C(C2=CCCCC2)=C1Cl. The zero-order valence-corrected chi connectivity index (χ0v) is 11.0. The van der Waals surface area contributed by atoms with E-state index in [-0.39, 0.29) is 5.38 Å². The Labute approximate surface area is 110 Å². The van der Waals surface area contributed by atoms with Crippen LogP contribution in [0.3, 0.4) is 0 Å². The highest BCUT2D eigenvalue weighted by Crippen LogP contribution is 2.46. The van der Waals surface area contributed by atoms with Crippen LogP contribution in [0.2, 0.25) is 0 Å². The van der Waals surface area contributed by atoms with Gasteiger partial charge in [-0.3, -0.25) is 0 Å². The predicted molar refractivity (Wildman–Crippen MR) is 67.8 cm³/mol. The van der Waals surface area contributed by atoms with E-state index < -0.39 is 0 Å². The second-order valence-corrected chi connectivity index (χ2v) is 5.33. The molecule has 2 aliphatic rings. The third kappa shape index (κ3) is 2.10. The molecule has 0 aromatic carbocycles. The van der Waals surface area contributed by atoms with Crippen LogP contribution in [0.4, 0.5) is 0 Å². The molecule has 4 heteroatoms. The molecule has 0 heterocycles. The van der Waals surface area contributed by atoms with Crippen LogP contribution in [0.25, 0.3) is 0 Å². The standard InChI is InChI=1S/C11H10Cl4/c12-8-7(6-4-2-1-3-5-6)9(13)11(15)10(8)14/h4,8H,1-3,5H2. The van der Waals surface area contributed by atoms with Gasteiger partial charge in [-0.25, -0.2) is 0 Å². The summed E-state index contributed by atoms with van der Waals surface area (Å²) in [6.45, 7) is 0. The van der Waals surface area contributed by atoms with Crippen molar-refractivity contribution in [3.05, 3.63) is 32.3 Å². The Hall–Kier alpha value is 0.380. The van der Waals surface area contributed by atoms with Gasteiger partial charge in [-0.15, -0.1) is 11.6 Å². The molecule has 0 aliphatic heterocycles. The second-order valence-electron chi connectivity index (χ2n) is 3.73. The fraction of sp³-hybridized carbons (Fsp3) is 0.455. The van der Waals surface area contributed by atoms with Crippen LogP contribution in [-0.4, -0.2) is 5.38 Å². The largest absolute Gasteiger partial charge is 0.111 e. The molecule has 0 spiro atoms. The van der Waals surface area contributed by atoms with E-state index in [2.05, 4.69) is 6.08 Å². The van der Waals surface area contributed by atoms with Crippen molar-refractivity contribution in [3.63, 3.8) is 0 Å². The minimum atomic E-state index is -0.365. The van der Waals surface area contributed by atoms with E-state index in [4.69, 9.17) is 46.4 Å². The Bertz CT molecular complexity index is 376. The summed E-state index contributed by atoms with van der Waals surface area (Å²) in [4.78, 5) is 0. The molecular formula is C11H10Cl4. The molecule has 15 heavy (non-hydrogen) atoms. The van der Waals surface area contributed by atoms with Gasteiger partial charge < -0.3 is 0 Å². The molecule has 1 unspecified atom stereocenters. The molecule has 2 rings (SSSR count). The molecule has 2 aliphatic carbocycles. The van der Waals surface area contributed by atoms with Gasteiger partial charge in [0.05, 0.1) is 20.5 Å². The number of hydrogen-bond donors (Lipinski definition) is 0. The Morgan fingerprint density at radius 1 is 1.07 bits per heavy atom. The van der Waals surface area contributed by atoms with Crippen molar-refractivity contribution in [2.75, 3.05) is 0 Å². The van der Waals surface area contributed by atoms with Crippen LogP contribution < -0.4 is 0 Å². The minimum absolute atomic E-state index is 0.365. The molecule has 0 saturated heterocycles. The Kier molecular flexibility index (Phi) is 3.72. The van der Waals surface area contributed by atoms with E-state index in [0.717, 1.165) is 18.4 Å². The zero-order valence-electron chi connectivity index (χ0n) is 7.99. The molecule has 0 saturated carbocycles. The molecule has 0 amide bonds. The highest BCUT2D eigenvalue weighted by Gasteiger charge is 2.32. The van der Waals surface area contributed by atoms with E-state index in [1.165, 1.54) is 18.4 Å². The quantitative estimate of drug-likeness (QED) is 0.574. The average Bonchev–Trinajstić information content (AvgIpc) is 2.45. The van der Waals surface area contributed by atoms with Gasteiger partial charge in [0.1, 0.15) is 0 Å². The fourth-order valence-corrected chi connectivity index (χ4v) is 3.22. The molecule has 1 atom stereocenters. The predicted octanol–water partition coefficient (Wildman–Crippen LogP) is 5.29. The van der Waals surface area contributed by atoms with Gasteiger partial charge >= 0.3 is 0 Å². The smallest absolute Gasteiger partial charge is 0.0974 e. The number of hydrogen-bond acceptors (Lipinski definition) is 0. The Morgan fingerprint density at radius 2 is 1.80 bits per heavy atom. The van der Waals surface area contributed by atoms with Gasteiger partial charge in [0.25, 0.3) is 0 Å². The summed E-state index contributed by atoms with van der Waals surface area (Å²) in [5.41, 5.74) is 2.12. The van der Waals surface area contributed by atoms with Crippen molar-refractivity contribution >= 4 is 46.4 Å². The maximum atomic E-state index is 6.19. The normalized spacial score (nSPS) is 27.5. The van der Waals surface area contributed by atoms with Crippen molar-refractivity contribution in [2.45, 2.75) is 31.1 Å². The maximum Gasteiger partial charge on any atom is 0.0974 e. The number of allylic oxidation sites excluding steroid dienone is 6.